The second-order valence-corrected chi connectivity index (χ2v) is 4.31. The Bertz CT molecular complexity index is 537. The van der Waals surface area contributed by atoms with Gasteiger partial charge in [-0.25, -0.2) is 0 Å². The Morgan fingerprint density at radius 2 is 1.84 bits per heavy atom. The zero-order valence-corrected chi connectivity index (χ0v) is 11.6. The van der Waals surface area contributed by atoms with Crippen LogP contribution in [0.1, 0.15) is 18.4 Å². The van der Waals surface area contributed by atoms with E-state index in [0.717, 1.165) is 12.0 Å². The van der Waals surface area contributed by atoms with Gasteiger partial charge in [-0.1, -0.05) is 42.5 Å². The maximum Gasteiger partial charge on any atom is 0.220 e. The van der Waals surface area contributed by atoms with Crippen molar-refractivity contribution in [1.82, 2.24) is 5.32 Å². The number of nitrogens with one attached hydrogen (secondary N) is 1. The highest BCUT2D eigenvalue weighted by Crippen LogP contribution is 2.18. The van der Waals surface area contributed by atoms with E-state index >= 15 is 0 Å². The number of carbonyl (C=O) groups is 1. The molecule has 3 N–H and O–H groups in total. The summed E-state index contributed by atoms with van der Waals surface area (Å²) in [4.78, 5) is 11.5. The van der Waals surface area contributed by atoms with E-state index in [9.17, 15) is 4.79 Å². The average molecular weight is 279 g/mol. The minimum Gasteiger partial charge on any atom is -0.352 e. The fourth-order valence-electron chi connectivity index (χ4n) is 1.99. The summed E-state index contributed by atoms with van der Waals surface area (Å²) in [5, 5.41) is 5.33. The number of nitrogens with two attached hydrogens (primary N) is 1. The molecule has 2 aromatic carbocycles. The van der Waals surface area contributed by atoms with Crippen molar-refractivity contribution in [2.45, 2.75) is 19.4 Å². The molecule has 0 aliphatic carbocycles. The molecule has 0 radical (unpaired) electrons. The normalized spacial score (nSPS) is 9.95. The van der Waals surface area contributed by atoms with Crippen molar-refractivity contribution in [1.29, 1.82) is 0 Å². The van der Waals surface area contributed by atoms with Gasteiger partial charge in [0.05, 0.1) is 0 Å². The molecule has 1 amide bonds. The predicted molar refractivity (Wildman–Crippen MR) is 81.3 cm³/mol. The van der Waals surface area contributed by atoms with Gasteiger partial charge in [0.15, 0.2) is 0 Å². The Kier molecular flexibility index (Phi) is 6.33. The molecular formula is C15H19ClN2O. The van der Waals surface area contributed by atoms with Crippen molar-refractivity contribution in [2.24, 2.45) is 5.73 Å². The fraction of sp³-hybridized carbons (Fsp3) is 0.267. The summed E-state index contributed by atoms with van der Waals surface area (Å²) in [5.41, 5.74) is 6.53. The van der Waals surface area contributed by atoms with Crippen LogP contribution in [0.15, 0.2) is 42.5 Å². The molecule has 0 bridgehead atoms. The molecule has 2 aromatic rings. The van der Waals surface area contributed by atoms with Crippen LogP contribution in [0.5, 0.6) is 0 Å². The van der Waals surface area contributed by atoms with Crippen LogP contribution in [0.3, 0.4) is 0 Å². The molecule has 0 fully saturated rings. The summed E-state index contributed by atoms with van der Waals surface area (Å²) < 4.78 is 0. The molecule has 0 aliphatic heterocycles. The van der Waals surface area contributed by atoms with Gasteiger partial charge in [0.2, 0.25) is 5.91 Å². The molecule has 3 nitrogen and oxygen atoms in total. The number of rotatable bonds is 5. The zero-order chi connectivity index (χ0) is 12.8. The van der Waals surface area contributed by atoms with E-state index in [1.807, 2.05) is 24.3 Å². The van der Waals surface area contributed by atoms with Gasteiger partial charge in [-0.3, -0.25) is 4.79 Å². The molecule has 0 heterocycles. The maximum absolute atomic E-state index is 11.5. The quantitative estimate of drug-likeness (QED) is 0.883. The van der Waals surface area contributed by atoms with Gasteiger partial charge in [-0.05, 0) is 29.3 Å². The molecule has 4 heteroatoms. The Hall–Kier alpha value is -1.58. The van der Waals surface area contributed by atoms with Gasteiger partial charge in [0.1, 0.15) is 0 Å². The third kappa shape index (κ3) is 4.23. The summed E-state index contributed by atoms with van der Waals surface area (Å²) >= 11 is 0. The number of fused-ring (bicyclic) bond motifs is 1. The van der Waals surface area contributed by atoms with E-state index < -0.39 is 0 Å². The van der Waals surface area contributed by atoms with Crippen LogP contribution in [0.25, 0.3) is 10.8 Å². The van der Waals surface area contributed by atoms with Crippen LogP contribution < -0.4 is 11.1 Å². The fourth-order valence-corrected chi connectivity index (χ4v) is 1.99. The van der Waals surface area contributed by atoms with Gasteiger partial charge in [-0.15, -0.1) is 12.4 Å². The molecule has 0 saturated carbocycles. The minimum absolute atomic E-state index is 0. The topological polar surface area (TPSA) is 55.1 Å². The molecule has 0 atom stereocenters. The number of halogens is 1. The lowest BCUT2D eigenvalue weighted by Crippen LogP contribution is -2.23. The molecule has 0 aliphatic rings. The van der Waals surface area contributed by atoms with Crippen LogP contribution in [0.4, 0.5) is 0 Å². The number of amides is 1. The van der Waals surface area contributed by atoms with E-state index in [1.165, 1.54) is 10.8 Å². The van der Waals surface area contributed by atoms with Crippen LogP contribution in [0, 0.1) is 0 Å². The third-order valence-electron chi connectivity index (χ3n) is 2.96. The Morgan fingerprint density at radius 3 is 2.63 bits per heavy atom. The first kappa shape index (κ1) is 15.5. The van der Waals surface area contributed by atoms with Crippen molar-refractivity contribution >= 4 is 29.1 Å². The second kappa shape index (κ2) is 7.77. The summed E-state index contributed by atoms with van der Waals surface area (Å²) in [6.45, 7) is 1.13. The molecule has 102 valence electrons. The van der Waals surface area contributed by atoms with E-state index in [-0.39, 0.29) is 18.3 Å². The first-order valence-electron chi connectivity index (χ1n) is 6.24. The average Bonchev–Trinajstić information content (AvgIpc) is 2.42. The SMILES string of the molecule is Cl.NCCCC(=O)NCc1cccc2ccccc12. The first-order chi connectivity index (χ1) is 8.81. The molecule has 0 unspecified atom stereocenters. The predicted octanol–water partition coefficient (Wildman–Crippen LogP) is 2.62. The number of carbonyl (C=O) groups excluding carboxylic acids is 1. The largest absolute Gasteiger partial charge is 0.352 e. The molecule has 0 aromatic heterocycles. The highest BCUT2D eigenvalue weighted by atomic mass is 35.5. The van der Waals surface area contributed by atoms with Crippen molar-refractivity contribution < 1.29 is 4.79 Å². The highest BCUT2D eigenvalue weighted by molar-refractivity contribution is 5.86. The molecule has 0 spiro atoms. The van der Waals surface area contributed by atoms with Gasteiger partial charge in [0, 0.05) is 13.0 Å². The van der Waals surface area contributed by atoms with Crippen LogP contribution in [-0.2, 0) is 11.3 Å². The molecule has 2 rings (SSSR count). The maximum atomic E-state index is 11.5. The standard InChI is InChI=1S/C15H18N2O.ClH/c16-10-4-9-15(18)17-11-13-7-3-6-12-5-1-2-8-14(12)13;/h1-3,5-8H,4,9-11,16H2,(H,17,18);1H. The van der Waals surface area contributed by atoms with E-state index in [2.05, 4.69) is 23.5 Å². The van der Waals surface area contributed by atoms with Crippen LogP contribution in [-0.4, -0.2) is 12.5 Å². The first-order valence-corrected chi connectivity index (χ1v) is 6.24. The van der Waals surface area contributed by atoms with Crippen LogP contribution in [0.2, 0.25) is 0 Å². The minimum atomic E-state index is 0. The van der Waals surface area contributed by atoms with Gasteiger partial charge in [0.25, 0.3) is 0 Å². The Morgan fingerprint density at radius 1 is 1.11 bits per heavy atom. The lowest BCUT2D eigenvalue weighted by Gasteiger charge is -2.08. The summed E-state index contributed by atoms with van der Waals surface area (Å²) in [6.07, 6.45) is 1.24. The van der Waals surface area contributed by atoms with Crippen molar-refractivity contribution in [3.05, 3.63) is 48.0 Å². The Balaban J connectivity index is 0.00000180. The van der Waals surface area contributed by atoms with E-state index in [0.29, 0.717) is 19.5 Å². The number of hydrogen-bond donors (Lipinski definition) is 2. The monoisotopic (exact) mass is 278 g/mol. The Labute approximate surface area is 119 Å². The second-order valence-electron chi connectivity index (χ2n) is 4.31. The van der Waals surface area contributed by atoms with Gasteiger partial charge < -0.3 is 11.1 Å². The number of hydrogen-bond acceptors (Lipinski definition) is 2. The summed E-state index contributed by atoms with van der Waals surface area (Å²) in [6, 6.07) is 14.3. The van der Waals surface area contributed by atoms with Crippen molar-refractivity contribution in [2.75, 3.05) is 6.54 Å². The van der Waals surface area contributed by atoms with Crippen molar-refractivity contribution in [3.8, 4) is 0 Å². The van der Waals surface area contributed by atoms with E-state index in [4.69, 9.17) is 5.73 Å². The zero-order valence-electron chi connectivity index (χ0n) is 10.8. The third-order valence-corrected chi connectivity index (χ3v) is 2.96. The summed E-state index contributed by atoms with van der Waals surface area (Å²) in [5.74, 6) is 0.0633. The molecule has 0 saturated heterocycles. The lowest BCUT2D eigenvalue weighted by molar-refractivity contribution is -0.121. The van der Waals surface area contributed by atoms with Crippen molar-refractivity contribution in [3.63, 3.8) is 0 Å². The molecular weight excluding hydrogens is 260 g/mol. The summed E-state index contributed by atoms with van der Waals surface area (Å²) in [7, 11) is 0. The lowest BCUT2D eigenvalue weighted by atomic mass is 10.0. The smallest absolute Gasteiger partial charge is 0.220 e. The van der Waals surface area contributed by atoms with Gasteiger partial charge >= 0.3 is 0 Å². The number of benzene rings is 2. The van der Waals surface area contributed by atoms with Crippen LogP contribution >= 0.6 is 12.4 Å². The molecule has 19 heavy (non-hydrogen) atoms. The highest BCUT2D eigenvalue weighted by Gasteiger charge is 2.03. The van der Waals surface area contributed by atoms with Gasteiger partial charge in [-0.2, -0.15) is 0 Å². The van der Waals surface area contributed by atoms with E-state index in [1.54, 1.807) is 0 Å².